The number of carbonyl (C=O) groups excluding carboxylic acids is 1. The number of furan rings is 1. The predicted octanol–water partition coefficient (Wildman–Crippen LogP) is 2.41. The van der Waals surface area contributed by atoms with Gasteiger partial charge in [0.15, 0.2) is 0 Å². The molecular formula is C16H18N2O2. The number of hydrogen-bond donors (Lipinski definition) is 0. The predicted molar refractivity (Wildman–Crippen MR) is 78.0 cm³/mol. The number of anilines is 1. The SMILES string of the molecule is O=Cc1ccc(N2CCN(Cc3ccoc3)CC2)cc1. The second-order valence-electron chi connectivity index (χ2n) is 5.10. The summed E-state index contributed by atoms with van der Waals surface area (Å²) >= 11 is 0. The number of carbonyl (C=O) groups is 1. The Morgan fingerprint density at radius 3 is 2.40 bits per heavy atom. The number of piperazine rings is 1. The second kappa shape index (κ2) is 5.92. The summed E-state index contributed by atoms with van der Waals surface area (Å²) in [5.74, 6) is 0. The zero-order chi connectivity index (χ0) is 13.8. The van der Waals surface area contributed by atoms with Crippen LogP contribution in [0.15, 0.2) is 47.3 Å². The Labute approximate surface area is 118 Å². The van der Waals surface area contributed by atoms with Gasteiger partial charge in [-0.1, -0.05) is 0 Å². The fraction of sp³-hybridized carbons (Fsp3) is 0.312. The molecule has 0 saturated carbocycles. The van der Waals surface area contributed by atoms with Crippen LogP contribution in [0.2, 0.25) is 0 Å². The van der Waals surface area contributed by atoms with Crippen molar-refractivity contribution >= 4 is 12.0 Å². The summed E-state index contributed by atoms with van der Waals surface area (Å²) in [6, 6.07) is 9.82. The zero-order valence-corrected chi connectivity index (χ0v) is 11.4. The van der Waals surface area contributed by atoms with Crippen molar-refractivity contribution in [2.75, 3.05) is 31.1 Å². The van der Waals surface area contributed by atoms with Gasteiger partial charge in [0.05, 0.1) is 12.5 Å². The number of nitrogens with zero attached hydrogens (tertiary/aromatic N) is 2. The molecule has 0 aliphatic carbocycles. The standard InChI is InChI=1S/C16H18N2O2/c19-12-14-1-3-16(4-2-14)18-8-6-17(7-9-18)11-15-5-10-20-13-15/h1-5,10,12-13H,6-9,11H2. The molecule has 1 saturated heterocycles. The van der Waals surface area contributed by atoms with Crippen molar-refractivity contribution in [3.05, 3.63) is 54.0 Å². The van der Waals surface area contributed by atoms with Crippen LogP contribution < -0.4 is 4.90 Å². The smallest absolute Gasteiger partial charge is 0.150 e. The molecule has 104 valence electrons. The van der Waals surface area contributed by atoms with Crippen molar-refractivity contribution in [1.29, 1.82) is 0 Å². The highest BCUT2D eigenvalue weighted by Gasteiger charge is 2.17. The highest BCUT2D eigenvalue weighted by atomic mass is 16.3. The highest BCUT2D eigenvalue weighted by Crippen LogP contribution is 2.17. The first-order chi connectivity index (χ1) is 9.85. The molecule has 4 heteroatoms. The Bertz CT molecular complexity index is 540. The van der Waals surface area contributed by atoms with E-state index in [4.69, 9.17) is 4.42 Å². The first kappa shape index (κ1) is 12.9. The molecule has 2 aromatic rings. The fourth-order valence-corrected chi connectivity index (χ4v) is 2.57. The molecule has 0 amide bonds. The highest BCUT2D eigenvalue weighted by molar-refractivity contribution is 5.75. The largest absolute Gasteiger partial charge is 0.472 e. The van der Waals surface area contributed by atoms with Crippen LogP contribution in [0.5, 0.6) is 0 Å². The van der Waals surface area contributed by atoms with E-state index in [1.165, 1.54) is 11.3 Å². The second-order valence-corrected chi connectivity index (χ2v) is 5.10. The van der Waals surface area contributed by atoms with E-state index in [9.17, 15) is 4.79 Å². The quantitative estimate of drug-likeness (QED) is 0.799. The van der Waals surface area contributed by atoms with Crippen LogP contribution in [-0.2, 0) is 6.54 Å². The molecule has 1 aromatic carbocycles. The van der Waals surface area contributed by atoms with Gasteiger partial charge in [-0.2, -0.15) is 0 Å². The topological polar surface area (TPSA) is 36.7 Å². The summed E-state index contributed by atoms with van der Waals surface area (Å²) in [6.45, 7) is 5.06. The molecule has 1 aliphatic heterocycles. The number of benzene rings is 1. The van der Waals surface area contributed by atoms with Crippen LogP contribution >= 0.6 is 0 Å². The van der Waals surface area contributed by atoms with Crippen LogP contribution in [0, 0.1) is 0 Å². The maximum absolute atomic E-state index is 10.7. The molecule has 2 heterocycles. The van der Waals surface area contributed by atoms with E-state index in [1.807, 2.05) is 36.6 Å². The lowest BCUT2D eigenvalue weighted by atomic mass is 10.2. The van der Waals surface area contributed by atoms with Crippen LogP contribution in [0.3, 0.4) is 0 Å². The van der Waals surface area contributed by atoms with Crippen molar-refractivity contribution in [3.8, 4) is 0 Å². The Kier molecular flexibility index (Phi) is 3.83. The Hall–Kier alpha value is -2.07. The van der Waals surface area contributed by atoms with Gasteiger partial charge < -0.3 is 9.32 Å². The lowest BCUT2D eigenvalue weighted by Gasteiger charge is -2.36. The molecule has 1 fully saturated rings. The molecule has 3 rings (SSSR count). The minimum absolute atomic E-state index is 0.729. The molecular weight excluding hydrogens is 252 g/mol. The molecule has 1 aromatic heterocycles. The summed E-state index contributed by atoms with van der Waals surface area (Å²) in [5.41, 5.74) is 3.15. The molecule has 0 atom stereocenters. The Balaban J connectivity index is 1.56. The van der Waals surface area contributed by atoms with E-state index >= 15 is 0 Å². The lowest BCUT2D eigenvalue weighted by molar-refractivity contribution is 0.112. The molecule has 0 unspecified atom stereocenters. The third kappa shape index (κ3) is 2.91. The first-order valence-corrected chi connectivity index (χ1v) is 6.89. The van der Waals surface area contributed by atoms with E-state index in [2.05, 4.69) is 9.80 Å². The van der Waals surface area contributed by atoms with Crippen LogP contribution in [0.1, 0.15) is 15.9 Å². The summed E-state index contributed by atoms with van der Waals surface area (Å²) < 4.78 is 5.10. The maximum atomic E-state index is 10.7. The van der Waals surface area contributed by atoms with Gasteiger partial charge in [0.2, 0.25) is 0 Å². The van der Waals surface area contributed by atoms with Crippen molar-refractivity contribution in [1.82, 2.24) is 4.90 Å². The van der Waals surface area contributed by atoms with E-state index in [0.29, 0.717) is 0 Å². The van der Waals surface area contributed by atoms with Gasteiger partial charge in [-0.15, -0.1) is 0 Å². The van der Waals surface area contributed by atoms with E-state index in [0.717, 1.165) is 44.6 Å². The van der Waals surface area contributed by atoms with Crippen molar-refractivity contribution in [2.45, 2.75) is 6.54 Å². The third-order valence-corrected chi connectivity index (χ3v) is 3.75. The van der Waals surface area contributed by atoms with Crippen LogP contribution in [-0.4, -0.2) is 37.4 Å². The van der Waals surface area contributed by atoms with Crippen molar-refractivity contribution in [2.24, 2.45) is 0 Å². The Morgan fingerprint density at radius 2 is 1.80 bits per heavy atom. The summed E-state index contributed by atoms with van der Waals surface area (Å²) in [5, 5.41) is 0. The Morgan fingerprint density at radius 1 is 1.05 bits per heavy atom. The molecule has 0 spiro atoms. The van der Waals surface area contributed by atoms with Gasteiger partial charge in [-0.3, -0.25) is 9.69 Å². The molecule has 1 aliphatic rings. The minimum Gasteiger partial charge on any atom is -0.472 e. The molecule has 20 heavy (non-hydrogen) atoms. The van der Waals surface area contributed by atoms with E-state index < -0.39 is 0 Å². The summed E-state index contributed by atoms with van der Waals surface area (Å²) in [4.78, 5) is 15.5. The van der Waals surface area contributed by atoms with Crippen LogP contribution in [0.25, 0.3) is 0 Å². The van der Waals surface area contributed by atoms with Crippen LogP contribution in [0.4, 0.5) is 5.69 Å². The fourth-order valence-electron chi connectivity index (χ4n) is 2.57. The molecule has 0 bridgehead atoms. The lowest BCUT2D eigenvalue weighted by Crippen LogP contribution is -2.45. The summed E-state index contributed by atoms with van der Waals surface area (Å²) in [7, 11) is 0. The van der Waals surface area contributed by atoms with E-state index in [1.54, 1.807) is 6.26 Å². The van der Waals surface area contributed by atoms with Gasteiger partial charge in [-0.05, 0) is 30.3 Å². The van der Waals surface area contributed by atoms with Gasteiger partial charge in [-0.25, -0.2) is 0 Å². The van der Waals surface area contributed by atoms with Gasteiger partial charge in [0, 0.05) is 49.5 Å². The number of aldehydes is 1. The number of hydrogen-bond acceptors (Lipinski definition) is 4. The van der Waals surface area contributed by atoms with Gasteiger partial charge in [0.1, 0.15) is 6.29 Å². The normalized spacial score (nSPS) is 16.3. The minimum atomic E-state index is 0.729. The summed E-state index contributed by atoms with van der Waals surface area (Å²) in [6.07, 6.45) is 4.41. The maximum Gasteiger partial charge on any atom is 0.150 e. The van der Waals surface area contributed by atoms with E-state index in [-0.39, 0.29) is 0 Å². The van der Waals surface area contributed by atoms with Crippen molar-refractivity contribution < 1.29 is 9.21 Å². The van der Waals surface area contributed by atoms with Gasteiger partial charge in [0.25, 0.3) is 0 Å². The molecule has 4 nitrogen and oxygen atoms in total. The third-order valence-electron chi connectivity index (χ3n) is 3.75. The molecule has 0 N–H and O–H groups in total. The average Bonchev–Trinajstić information content (AvgIpc) is 3.01. The van der Waals surface area contributed by atoms with Crippen molar-refractivity contribution in [3.63, 3.8) is 0 Å². The monoisotopic (exact) mass is 270 g/mol. The first-order valence-electron chi connectivity index (χ1n) is 6.89. The van der Waals surface area contributed by atoms with Gasteiger partial charge >= 0.3 is 0 Å². The average molecular weight is 270 g/mol. The molecule has 0 radical (unpaired) electrons. The number of rotatable bonds is 4. The zero-order valence-electron chi connectivity index (χ0n) is 11.4.